The second-order valence-corrected chi connectivity index (χ2v) is 5.60. The van der Waals surface area contributed by atoms with Crippen molar-refractivity contribution in [3.05, 3.63) is 47.5 Å². The van der Waals surface area contributed by atoms with E-state index in [0.717, 1.165) is 31.6 Å². The average molecular weight is 297 g/mol. The molecule has 0 aliphatic heterocycles. The molecule has 2 aromatic carbocycles. The summed E-state index contributed by atoms with van der Waals surface area (Å²) in [4.78, 5) is 3.56. The molecule has 0 aliphatic carbocycles. The predicted octanol–water partition coefficient (Wildman–Crippen LogP) is 4.43. The fourth-order valence-corrected chi connectivity index (χ4v) is 2.63. The van der Waals surface area contributed by atoms with Crippen molar-refractivity contribution in [2.45, 2.75) is 26.0 Å². The Labute approximate surface area is 123 Å². The van der Waals surface area contributed by atoms with Gasteiger partial charge in [-0.3, -0.25) is 0 Å². The first-order valence-electron chi connectivity index (χ1n) is 5.09. The molecule has 0 unspecified atom stereocenters. The number of hydrogen-bond donors (Lipinski definition) is 4. The minimum absolute atomic E-state index is 0.806. The van der Waals surface area contributed by atoms with Crippen LogP contribution in [0.3, 0.4) is 0 Å². The van der Waals surface area contributed by atoms with Crippen LogP contribution in [0.1, 0.15) is 11.1 Å². The molecule has 0 spiro atoms. The van der Waals surface area contributed by atoms with Crippen LogP contribution in [-0.4, -0.2) is 0 Å². The van der Waals surface area contributed by atoms with Gasteiger partial charge in [0.15, 0.2) is 0 Å². The zero-order valence-corrected chi connectivity index (χ0v) is 12.5. The van der Waals surface area contributed by atoms with Crippen molar-refractivity contribution >= 4 is 50.5 Å². The van der Waals surface area contributed by atoms with Gasteiger partial charge in [0.05, 0.1) is 0 Å². The second kappa shape index (κ2) is 5.65. The molecular weight excluding hydrogens is 284 g/mol. The van der Waals surface area contributed by atoms with Gasteiger partial charge in [0.25, 0.3) is 0 Å². The molecule has 0 aliphatic rings. The van der Waals surface area contributed by atoms with Gasteiger partial charge >= 0.3 is 0 Å². The molecule has 0 atom stereocenters. The zero-order valence-electron chi connectivity index (χ0n) is 8.96. The van der Waals surface area contributed by atoms with E-state index in [9.17, 15) is 0 Å². The molecule has 0 amide bonds. The van der Waals surface area contributed by atoms with Crippen LogP contribution < -0.4 is 0 Å². The van der Waals surface area contributed by atoms with E-state index in [1.165, 1.54) is 5.56 Å². The first-order chi connectivity index (χ1) is 8.09. The number of rotatable bonds is 2. The van der Waals surface area contributed by atoms with E-state index < -0.39 is 0 Å². The van der Waals surface area contributed by atoms with Gasteiger partial charge in [0, 0.05) is 19.6 Å². The van der Waals surface area contributed by atoms with Crippen molar-refractivity contribution in [1.29, 1.82) is 0 Å². The maximum atomic E-state index is 4.50. The Balaban J connectivity index is 2.38. The van der Waals surface area contributed by atoms with E-state index in [2.05, 4.69) is 56.6 Å². The van der Waals surface area contributed by atoms with Crippen molar-refractivity contribution in [2.24, 2.45) is 0 Å². The van der Waals surface area contributed by atoms with E-state index in [1.54, 1.807) is 0 Å². The summed E-state index contributed by atoms with van der Waals surface area (Å²) >= 11 is 17.7. The highest BCUT2D eigenvalue weighted by Crippen LogP contribution is 2.30. The lowest BCUT2D eigenvalue weighted by Crippen LogP contribution is -1.92. The second-order valence-electron chi connectivity index (χ2n) is 3.75. The lowest BCUT2D eigenvalue weighted by Gasteiger charge is -2.10. The molecule has 2 aromatic rings. The summed E-state index contributed by atoms with van der Waals surface area (Å²) in [6.45, 7) is 0. The summed E-state index contributed by atoms with van der Waals surface area (Å²) in [7, 11) is 0. The van der Waals surface area contributed by atoms with Crippen molar-refractivity contribution < 1.29 is 0 Å². The van der Waals surface area contributed by atoms with E-state index in [4.69, 9.17) is 0 Å². The average Bonchev–Trinajstić information content (AvgIpc) is 2.32. The van der Waals surface area contributed by atoms with Gasteiger partial charge < -0.3 is 0 Å². The Morgan fingerprint density at radius 3 is 2.06 bits per heavy atom. The van der Waals surface area contributed by atoms with Crippen molar-refractivity contribution in [3.63, 3.8) is 0 Å². The van der Waals surface area contributed by atoms with E-state index in [1.807, 2.05) is 30.3 Å². The summed E-state index contributed by atoms with van der Waals surface area (Å²) in [6, 6.07) is 12.0. The normalized spacial score (nSPS) is 10.6. The molecular formula is C13H12S4. The maximum absolute atomic E-state index is 4.50. The summed E-state index contributed by atoms with van der Waals surface area (Å²) in [5.74, 6) is 0. The van der Waals surface area contributed by atoms with Gasteiger partial charge in [-0.05, 0) is 29.7 Å². The van der Waals surface area contributed by atoms with Gasteiger partial charge in [0.1, 0.15) is 0 Å². The molecule has 0 bridgehead atoms. The van der Waals surface area contributed by atoms with Crippen LogP contribution in [-0.2, 0) is 6.42 Å². The molecule has 0 radical (unpaired) electrons. The smallest absolute Gasteiger partial charge is 0.0311 e. The van der Waals surface area contributed by atoms with Crippen molar-refractivity contribution in [1.82, 2.24) is 0 Å². The van der Waals surface area contributed by atoms with Gasteiger partial charge in [-0.1, -0.05) is 24.3 Å². The monoisotopic (exact) mass is 296 g/mol. The van der Waals surface area contributed by atoms with E-state index in [0.29, 0.717) is 0 Å². The predicted molar refractivity (Wildman–Crippen MR) is 84.7 cm³/mol. The summed E-state index contributed by atoms with van der Waals surface area (Å²) in [5, 5.41) is 0. The standard InChI is InChI=1S/C13H12S4/c14-10-4-2-1-3-8(10)7-9-5-6-11(15)13(17)12(9)16/h1-6,14-17H,7H2. The molecule has 0 aromatic heterocycles. The van der Waals surface area contributed by atoms with Crippen molar-refractivity contribution in [2.75, 3.05) is 0 Å². The molecule has 88 valence electrons. The quantitative estimate of drug-likeness (QED) is 0.579. The minimum atomic E-state index is 0.806. The fourth-order valence-electron chi connectivity index (χ4n) is 1.62. The summed E-state index contributed by atoms with van der Waals surface area (Å²) in [6.07, 6.45) is 0.806. The summed E-state index contributed by atoms with van der Waals surface area (Å²) < 4.78 is 0. The van der Waals surface area contributed by atoms with Crippen LogP contribution in [0.4, 0.5) is 0 Å². The van der Waals surface area contributed by atoms with Gasteiger partial charge in [-0.15, -0.1) is 50.5 Å². The molecule has 17 heavy (non-hydrogen) atoms. The molecule has 0 nitrogen and oxygen atoms in total. The SMILES string of the molecule is Sc1ccccc1Cc1ccc(S)c(S)c1S. The first-order valence-corrected chi connectivity index (χ1v) is 6.88. The Bertz CT molecular complexity index is 549. The molecule has 0 saturated carbocycles. The van der Waals surface area contributed by atoms with Crippen LogP contribution in [0, 0.1) is 0 Å². The lowest BCUT2D eigenvalue weighted by molar-refractivity contribution is 1.01. The fraction of sp³-hybridized carbons (Fsp3) is 0.0769. The first kappa shape index (κ1) is 13.3. The van der Waals surface area contributed by atoms with Gasteiger partial charge in [-0.2, -0.15) is 0 Å². The van der Waals surface area contributed by atoms with Crippen LogP contribution in [0.15, 0.2) is 56.0 Å². The topological polar surface area (TPSA) is 0 Å². The maximum Gasteiger partial charge on any atom is 0.0311 e. The largest absolute Gasteiger partial charge is 0.143 e. The molecule has 0 N–H and O–H groups in total. The van der Waals surface area contributed by atoms with Crippen LogP contribution in [0.5, 0.6) is 0 Å². The number of hydrogen-bond acceptors (Lipinski definition) is 4. The Hall–Kier alpha value is -0.160. The summed E-state index contributed by atoms with van der Waals surface area (Å²) in [5.41, 5.74) is 2.32. The van der Waals surface area contributed by atoms with Crippen LogP contribution in [0.25, 0.3) is 0 Å². The Kier molecular flexibility index (Phi) is 4.42. The van der Waals surface area contributed by atoms with Crippen LogP contribution in [0.2, 0.25) is 0 Å². The Morgan fingerprint density at radius 2 is 1.35 bits per heavy atom. The molecule has 0 fully saturated rings. The lowest BCUT2D eigenvalue weighted by atomic mass is 10.0. The number of thiol groups is 4. The van der Waals surface area contributed by atoms with Crippen LogP contribution >= 0.6 is 50.5 Å². The highest BCUT2D eigenvalue weighted by atomic mass is 32.1. The number of benzene rings is 2. The zero-order chi connectivity index (χ0) is 12.4. The van der Waals surface area contributed by atoms with E-state index >= 15 is 0 Å². The van der Waals surface area contributed by atoms with Gasteiger partial charge in [-0.25, -0.2) is 0 Å². The van der Waals surface area contributed by atoms with Crippen molar-refractivity contribution in [3.8, 4) is 0 Å². The highest BCUT2D eigenvalue weighted by Gasteiger charge is 2.07. The minimum Gasteiger partial charge on any atom is -0.143 e. The highest BCUT2D eigenvalue weighted by molar-refractivity contribution is 7.85. The molecule has 4 heteroatoms. The Morgan fingerprint density at radius 1 is 0.647 bits per heavy atom. The third-order valence-corrected chi connectivity index (χ3v) is 4.72. The van der Waals surface area contributed by atoms with E-state index in [-0.39, 0.29) is 0 Å². The van der Waals surface area contributed by atoms with Gasteiger partial charge in [0.2, 0.25) is 0 Å². The third kappa shape index (κ3) is 2.99. The third-order valence-electron chi connectivity index (χ3n) is 2.59. The molecule has 2 rings (SSSR count). The molecule has 0 heterocycles. The molecule has 0 saturated heterocycles.